The molecule has 37 heavy (non-hydrogen) atoms. The molecule has 0 spiro atoms. The van der Waals surface area contributed by atoms with E-state index in [0.717, 1.165) is 39.8 Å². The van der Waals surface area contributed by atoms with Gasteiger partial charge in [0.25, 0.3) is 0 Å². The number of nitrogens with zero attached hydrogens (tertiary/aromatic N) is 3. The number of nitrogens with one attached hydrogen (secondary N) is 2. The van der Waals surface area contributed by atoms with Crippen LogP contribution in [0.3, 0.4) is 0 Å². The fourth-order valence-corrected chi connectivity index (χ4v) is 5.33. The van der Waals surface area contributed by atoms with Crippen LogP contribution in [-0.4, -0.2) is 39.1 Å². The molecule has 7 nitrogen and oxygen atoms in total. The number of anilines is 1. The minimum Gasteiger partial charge on any atom is -0.497 e. The van der Waals surface area contributed by atoms with E-state index in [1.807, 2.05) is 71.6 Å². The third-order valence-corrected chi connectivity index (χ3v) is 7.02. The Kier molecular flexibility index (Phi) is 6.92. The standard InChI is InChI=1S/C29H29N5O2S/c1-19-16-24(20(2)34(19)22-12-9-13-23(17-22)36-3)28-27(25-14-7-8-15-30-25)32-29(37)33(28)18-26(35)31-21-10-5-4-6-11-21/h4-17,27-28H,18H2,1-3H3,(H,31,35)(H,32,37). The van der Waals surface area contributed by atoms with Crippen LogP contribution in [0.5, 0.6) is 5.75 Å². The van der Waals surface area contributed by atoms with Gasteiger partial charge in [-0.1, -0.05) is 30.3 Å². The molecule has 1 aliphatic rings. The Morgan fingerprint density at radius 1 is 1.05 bits per heavy atom. The smallest absolute Gasteiger partial charge is 0.244 e. The number of rotatable bonds is 7. The summed E-state index contributed by atoms with van der Waals surface area (Å²) in [5.74, 6) is 0.657. The van der Waals surface area contributed by atoms with Crippen LogP contribution in [0.2, 0.25) is 0 Å². The zero-order valence-corrected chi connectivity index (χ0v) is 21.8. The summed E-state index contributed by atoms with van der Waals surface area (Å²) in [6, 6.07) is 25.0. The summed E-state index contributed by atoms with van der Waals surface area (Å²) in [5.41, 5.74) is 5.85. The molecule has 2 unspecified atom stereocenters. The van der Waals surface area contributed by atoms with Crippen LogP contribution in [0.25, 0.3) is 5.69 Å². The van der Waals surface area contributed by atoms with E-state index in [2.05, 4.69) is 46.2 Å². The predicted octanol–water partition coefficient (Wildman–Crippen LogP) is 5.11. The first kappa shape index (κ1) is 24.5. The van der Waals surface area contributed by atoms with E-state index in [-0.39, 0.29) is 24.5 Å². The van der Waals surface area contributed by atoms with E-state index < -0.39 is 0 Å². The maximum Gasteiger partial charge on any atom is 0.244 e. The molecule has 0 aliphatic carbocycles. The average molecular weight is 512 g/mol. The quantitative estimate of drug-likeness (QED) is 0.336. The molecule has 0 bridgehead atoms. The highest BCUT2D eigenvalue weighted by Crippen LogP contribution is 2.41. The lowest BCUT2D eigenvalue weighted by atomic mass is 9.96. The van der Waals surface area contributed by atoms with Crippen molar-refractivity contribution in [2.24, 2.45) is 0 Å². The van der Waals surface area contributed by atoms with Gasteiger partial charge in [-0.3, -0.25) is 9.78 Å². The molecule has 1 fully saturated rings. The van der Waals surface area contributed by atoms with Gasteiger partial charge in [0, 0.05) is 35.0 Å². The van der Waals surface area contributed by atoms with Gasteiger partial charge in [-0.15, -0.1) is 0 Å². The molecule has 0 saturated carbocycles. The Bertz CT molecular complexity index is 1420. The topological polar surface area (TPSA) is 71.4 Å². The Balaban J connectivity index is 1.54. The van der Waals surface area contributed by atoms with Crippen molar-refractivity contribution in [1.29, 1.82) is 0 Å². The maximum atomic E-state index is 13.1. The van der Waals surface area contributed by atoms with Crippen molar-refractivity contribution in [3.05, 3.63) is 108 Å². The first-order valence-electron chi connectivity index (χ1n) is 12.1. The summed E-state index contributed by atoms with van der Waals surface area (Å²) in [6.45, 7) is 4.29. The van der Waals surface area contributed by atoms with Crippen LogP contribution in [-0.2, 0) is 4.79 Å². The van der Waals surface area contributed by atoms with E-state index in [0.29, 0.717) is 5.11 Å². The molecule has 2 aromatic heterocycles. The second kappa shape index (κ2) is 10.4. The second-order valence-electron chi connectivity index (χ2n) is 9.03. The number of amides is 1. The van der Waals surface area contributed by atoms with Crippen LogP contribution in [0, 0.1) is 13.8 Å². The number of benzene rings is 2. The molecular weight excluding hydrogens is 482 g/mol. The molecule has 1 amide bonds. The van der Waals surface area contributed by atoms with Gasteiger partial charge in [-0.2, -0.15) is 0 Å². The zero-order valence-electron chi connectivity index (χ0n) is 21.0. The largest absolute Gasteiger partial charge is 0.497 e. The van der Waals surface area contributed by atoms with Crippen molar-refractivity contribution in [1.82, 2.24) is 19.8 Å². The van der Waals surface area contributed by atoms with Gasteiger partial charge in [0.05, 0.1) is 24.9 Å². The number of carbonyl (C=O) groups is 1. The van der Waals surface area contributed by atoms with Crippen LogP contribution in [0.15, 0.2) is 85.1 Å². The molecule has 1 aliphatic heterocycles. The number of thiocarbonyl (C=S) groups is 1. The Morgan fingerprint density at radius 2 is 1.84 bits per heavy atom. The summed E-state index contributed by atoms with van der Waals surface area (Å²) in [5, 5.41) is 6.94. The number of carbonyl (C=O) groups excluding carboxylic acids is 1. The highest BCUT2D eigenvalue weighted by molar-refractivity contribution is 7.80. The lowest BCUT2D eigenvalue weighted by Crippen LogP contribution is -2.37. The van der Waals surface area contributed by atoms with E-state index in [9.17, 15) is 4.79 Å². The molecule has 2 atom stereocenters. The van der Waals surface area contributed by atoms with Gasteiger partial charge in [0.15, 0.2) is 5.11 Å². The number of methoxy groups -OCH3 is 1. The molecule has 0 radical (unpaired) electrons. The number of para-hydroxylation sites is 1. The first-order chi connectivity index (χ1) is 18.0. The molecule has 2 aromatic carbocycles. The fourth-order valence-electron chi connectivity index (χ4n) is 5.03. The second-order valence-corrected chi connectivity index (χ2v) is 9.42. The van der Waals surface area contributed by atoms with Crippen molar-refractivity contribution in [3.8, 4) is 11.4 Å². The number of hydrogen-bond acceptors (Lipinski definition) is 4. The van der Waals surface area contributed by atoms with Crippen LogP contribution >= 0.6 is 12.2 Å². The van der Waals surface area contributed by atoms with E-state index in [1.165, 1.54) is 0 Å². The molecule has 3 heterocycles. The van der Waals surface area contributed by atoms with Crippen LogP contribution < -0.4 is 15.4 Å². The summed E-state index contributed by atoms with van der Waals surface area (Å²) in [6.07, 6.45) is 1.78. The summed E-state index contributed by atoms with van der Waals surface area (Å²) >= 11 is 5.77. The highest BCUT2D eigenvalue weighted by atomic mass is 32.1. The average Bonchev–Trinajstić information content (AvgIpc) is 3.39. The minimum atomic E-state index is -0.227. The number of ether oxygens (including phenoxy) is 1. The normalized spacial score (nSPS) is 16.9. The molecule has 4 aromatic rings. The third kappa shape index (κ3) is 4.93. The Hall–Kier alpha value is -4.17. The van der Waals surface area contributed by atoms with E-state index in [1.54, 1.807) is 13.3 Å². The first-order valence-corrected chi connectivity index (χ1v) is 12.5. The predicted molar refractivity (Wildman–Crippen MR) is 149 cm³/mol. The minimum absolute atomic E-state index is 0.109. The van der Waals surface area contributed by atoms with Crippen molar-refractivity contribution in [2.75, 3.05) is 19.0 Å². The maximum absolute atomic E-state index is 13.1. The summed E-state index contributed by atoms with van der Waals surface area (Å²) in [4.78, 5) is 19.7. The van der Waals surface area contributed by atoms with Gasteiger partial charge >= 0.3 is 0 Å². The van der Waals surface area contributed by atoms with Crippen molar-refractivity contribution in [2.45, 2.75) is 25.9 Å². The Morgan fingerprint density at radius 3 is 2.57 bits per heavy atom. The van der Waals surface area contributed by atoms with Gasteiger partial charge < -0.3 is 24.8 Å². The van der Waals surface area contributed by atoms with Crippen molar-refractivity contribution in [3.63, 3.8) is 0 Å². The fraction of sp³-hybridized carbons (Fsp3) is 0.207. The van der Waals surface area contributed by atoms with Crippen molar-refractivity contribution < 1.29 is 9.53 Å². The Labute approximate surface area is 222 Å². The highest BCUT2D eigenvalue weighted by Gasteiger charge is 2.42. The molecular formula is C29H29N5O2S. The molecule has 8 heteroatoms. The lowest BCUT2D eigenvalue weighted by Gasteiger charge is -2.27. The van der Waals surface area contributed by atoms with Gasteiger partial charge in [-0.05, 0) is 74.1 Å². The van der Waals surface area contributed by atoms with Gasteiger partial charge in [0.1, 0.15) is 12.3 Å². The summed E-state index contributed by atoms with van der Waals surface area (Å²) < 4.78 is 7.67. The van der Waals surface area contributed by atoms with Gasteiger partial charge in [0.2, 0.25) is 5.91 Å². The molecule has 2 N–H and O–H groups in total. The number of hydrogen-bond donors (Lipinski definition) is 2. The molecule has 1 saturated heterocycles. The van der Waals surface area contributed by atoms with Crippen LogP contribution in [0.4, 0.5) is 5.69 Å². The number of aryl methyl sites for hydroxylation is 1. The zero-order chi connectivity index (χ0) is 25.9. The number of pyridine rings is 1. The molecule has 188 valence electrons. The number of aromatic nitrogens is 2. The van der Waals surface area contributed by atoms with Crippen LogP contribution in [0.1, 0.15) is 34.7 Å². The summed E-state index contributed by atoms with van der Waals surface area (Å²) in [7, 11) is 1.67. The monoisotopic (exact) mass is 511 g/mol. The van der Waals surface area contributed by atoms with Crippen molar-refractivity contribution >= 4 is 28.9 Å². The lowest BCUT2D eigenvalue weighted by molar-refractivity contribution is -0.116. The SMILES string of the molecule is COc1cccc(-n2c(C)cc(C3C(c4ccccn4)NC(=S)N3CC(=O)Nc3ccccc3)c2C)c1. The van der Waals surface area contributed by atoms with E-state index in [4.69, 9.17) is 17.0 Å². The van der Waals surface area contributed by atoms with E-state index >= 15 is 0 Å². The molecule has 5 rings (SSSR count). The third-order valence-electron chi connectivity index (χ3n) is 6.67. The van der Waals surface area contributed by atoms with Gasteiger partial charge in [-0.25, -0.2) is 0 Å².